The summed E-state index contributed by atoms with van der Waals surface area (Å²) in [6.07, 6.45) is 3.00. The molecule has 1 amide bonds. The zero-order chi connectivity index (χ0) is 14.3. The van der Waals surface area contributed by atoms with Gasteiger partial charge in [0.05, 0.1) is 12.1 Å². The van der Waals surface area contributed by atoms with Gasteiger partial charge in [-0.25, -0.2) is 0 Å². The molecule has 1 rings (SSSR count). The van der Waals surface area contributed by atoms with Crippen LogP contribution in [0, 0.1) is 0 Å². The first-order chi connectivity index (χ1) is 9.11. The number of unbranched alkanes of at least 4 members (excludes halogenated alkanes) is 1. The van der Waals surface area contributed by atoms with Gasteiger partial charge in [-0.15, -0.1) is 12.4 Å². The van der Waals surface area contributed by atoms with Crippen LogP contribution in [-0.4, -0.2) is 23.4 Å². The van der Waals surface area contributed by atoms with Gasteiger partial charge < -0.3 is 10.6 Å². The molecule has 0 aliphatic carbocycles. The molecule has 0 bridgehead atoms. The Hall–Kier alpha value is -1.06. The fourth-order valence-electron chi connectivity index (χ4n) is 2.32. The SMILES string of the molecule is CCCCN(C(=O)[C@H](C)N)C(CC)c1ccccc1.Cl. The molecule has 0 aliphatic heterocycles. The number of nitrogens with two attached hydrogens (primary N) is 1. The first-order valence-corrected chi connectivity index (χ1v) is 7.22. The Morgan fingerprint density at radius 1 is 1.25 bits per heavy atom. The summed E-state index contributed by atoms with van der Waals surface area (Å²) in [6, 6.07) is 9.91. The van der Waals surface area contributed by atoms with E-state index in [9.17, 15) is 4.79 Å². The number of hydrogen-bond donors (Lipinski definition) is 1. The van der Waals surface area contributed by atoms with Gasteiger partial charge in [-0.2, -0.15) is 0 Å². The Morgan fingerprint density at radius 3 is 2.30 bits per heavy atom. The Balaban J connectivity index is 0.00000361. The van der Waals surface area contributed by atoms with Gasteiger partial charge in [-0.1, -0.05) is 50.6 Å². The normalized spacial score (nSPS) is 13.2. The molecule has 0 spiro atoms. The molecule has 1 aromatic rings. The lowest BCUT2D eigenvalue weighted by Gasteiger charge is -2.33. The van der Waals surface area contributed by atoms with E-state index in [-0.39, 0.29) is 24.4 Å². The second-order valence-electron chi connectivity index (χ2n) is 5.01. The van der Waals surface area contributed by atoms with E-state index in [0.29, 0.717) is 0 Å². The molecule has 3 nitrogen and oxygen atoms in total. The summed E-state index contributed by atoms with van der Waals surface area (Å²) < 4.78 is 0. The number of nitrogens with zero attached hydrogens (tertiary/aromatic N) is 1. The second kappa shape index (κ2) is 9.78. The van der Waals surface area contributed by atoms with Crippen LogP contribution in [0.5, 0.6) is 0 Å². The standard InChI is InChI=1S/C16H26N2O.ClH/c1-4-6-12-18(16(19)13(3)17)15(5-2)14-10-8-7-9-11-14;/h7-11,13,15H,4-6,12,17H2,1-3H3;1H/t13-,15?;/m0./s1. The minimum Gasteiger partial charge on any atom is -0.334 e. The van der Waals surface area contributed by atoms with Gasteiger partial charge in [0, 0.05) is 6.54 Å². The number of rotatable bonds is 7. The van der Waals surface area contributed by atoms with E-state index >= 15 is 0 Å². The van der Waals surface area contributed by atoms with Crippen molar-refractivity contribution in [2.24, 2.45) is 5.73 Å². The maximum atomic E-state index is 12.3. The van der Waals surface area contributed by atoms with E-state index in [1.165, 1.54) is 5.56 Å². The van der Waals surface area contributed by atoms with Crippen LogP contribution in [0.15, 0.2) is 30.3 Å². The Morgan fingerprint density at radius 2 is 1.85 bits per heavy atom. The third kappa shape index (κ3) is 5.14. The molecule has 0 radical (unpaired) electrons. The highest BCUT2D eigenvalue weighted by Gasteiger charge is 2.25. The smallest absolute Gasteiger partial charge is 0.239 e. The fraction of sp³-hybridized carbons (Fsp3) is 0.562. The lowest BCUT2D eigenvalue weighted by Crippen LogP contribution is -2.44. The van der Waals surface area contributed by atoms with Crippen molar-refractivity contribution in [2.45, 2.75) is 52.1 Å². The van der Waals surface area contributed by atoms with Gasteiger partial charge in [0.25, 0.3) is 0 Å². The molecule has 114 valence electrons. The maximum Gasteiger partial charge on any atom is 0.239 e. The zero-order valence-corrected chi connectivity index (χ0v) is 13.5. The average molecular weight is 299 g/mol. The summed E-state index contributed by atoms with van der Waals surface area (Å²) in [6.45, 7) is 6.80. The van der Waals surface area contributed by atoms with Crippen molar-refractivity contribution in [2.75, 3.05) is 6.54 Å². The van der Waals surface area contributed by atoms with Crippen LogP contribution in [0.25, 0.3) is 0 Å². The molecule has 0 saturated heterocycles. The molecular weight excluding hydrogens is 272 g/mol. The summed E-state index contributed by atoms with van der Waals surface area (Å²) in [7, 11) is 0. The lowest BCUT2D eigenvalue weighted by molar-refractivity contribution is -0.135. The predicted molar refractivity (Wildman–Crippen MR) is 87.0 cm³/mol. The summed E-state index contributed by atoms with van der Waals surface area (Å²) in [4.78, 5) is 14.3. The number of halogens is 1. The summed E-state index contributed by atoms with van der Waals surface area (Å²) in [5, 5.41) is 0. The molecular formula is C16H27ClN2O. The molecule has 0 saturated carbocycles. The van der Waals surface area contributed by atoms with Crippen molar-refractivity contribution < 1.29 is 4.79 Å². The Kier molecular flexibility index (Phi) is 9.26. The highest BCUT2D eigenvalue weighted by atomic mass is 35.5. The van der Waals surface area contributed by atoms with Crippen LogP contribution < -0.4 is 5.73 Å². The van der Waals surface area contributed by atoms with Crippen LogP contribution in [0.3, 0.4) is 0 Å². The monoisotopic (exact) mass is 298 g/mol. The fourth-order valence-corrected chi connectivity index (χ4v) is 2.32. The van der Waals surface area contributed by atoms with Gasteiger partial charge in [0.15, 0.2) is 0 Å². The van der Waals surface area contributed by atoms with E-state index in [2.05, 4.69) is 26.0 Å². The number of benzene rings is 1. The zero-order valence-electron chi connectivity index (χ0n) is 12.7. The first kappa shape index (κ1) is 18.9. The van der Waals surface area contributed by atoms with Crippen LogP contribution >= 0.6 is 12.4 Å². The molecule has 2 atom stereocenters. The van der Waals surface area contributed by atoms with Crippen LogP contribution in [0.4, 0.5) is 0 Å². The summed E-state index contributed by atoms with van der Waals surface area (Å²) in [5.74, 6) is 0.0455. The van der Waals surface area contributed by atoms with Gasteiger partial charge in [0.1, 0.15) is 0 Å². The van der Waals surface area contributed by atoms with Crippen molar-refractivity contribution in [3.8, 4) is 0 Å². The molecule has 2 N–H and O–H groups in total. The minimum absolute atomic E-state index is 0. The Labute approximate surface area is 128 Å². The van der Waals surface area contributed by atoms with Crippen molar-refractivity contribution >= 4 is 18.3 Å². The number of amides is 1. The first-order valence-electron chi connectivity index (χ1n) is 7.22. The second-order valence-corrected chi connectivity index (χ2v) is 5.01. The molecule has 0 aromatic heterocycles. The van der Waals surface area contributed by atoms with Crippen LogP contribution in [0.1, 0.15) is 51.6 Å². The van der Waals surface area contributed by atoms with Crippen LogP contribution in [-0.2, 0) is 4.79 Å². The maximum absolute atomic E-state index is 12.3. The number of hydrogen-bond acceptors (Lipinski definition) is 2. The number of carbonyl (C=O) groups excluding carboxylic acids is 1. The average Bonchev–Trinajstić information content (AvgIpc) is 2.43. The molecule has 0 aliphatic rings. The van der Waals surface area contributed by atoms with E-state index < -0.39 is 6.04 Å². The van der Waals surface area contributed by atoms with E-state index in [1.54, 1.807) is 6.92 Å². The lowest BCUT2D eigenvalue weighted by atomic mass is 10.0. The van der Waals surface area contributed by atoms with Gasteiger partial charge in [0.2, 0.25) is 5.91 Å². The third-order valence-electron chi connectivity index (χ3n) is 3.37. The highest BCUT2D eigenvalue weighted by molar-refractivity contribution is 5.85. The van der Waals surface area contributed by atoms with Crippen molar-refractivity contribution in [3.63, 3.8) is 0 Å². The Bertz CT molecular complexity index is 381. The predicted octanol–water partition coefficient (Wildman–Crippen LogP) is 3.54. The van der Waals surface area contributed by atoms with E-state index in [1.807, 2.05) is 23.1 Å². The van der Waals surface area contributed by atoms with Crippen LogP contribution in [0.2, 0.25) is 0 Å². The largest absolute Gasteiger partial charge is 0.334 e. The topological polar surface area (TPSA) is 46.3 Å². The highest BCUT2D eigenvalue weighted by Crippen LogP contribution is 2.25. The van der Waals surface area contributed by atoms with Crippen molar-refractivity contribution in [1.82, 2.24) is 4.90 Å². The molecule has 4 heteroatoms. The van der Waals surface area contributed by atoms with Crippen molar-refractivity contribution in [3.05, 3.63) is 35.9 Å². The molecule has 20 heavy (non-hydrogen) atoms. The van der Waals surface area contributed by atoms with E-state index in [0.717, 1.165) is 25.8 Å². The molecule has 1 unspecified atom stereocenters. The van der Waals surface area contributed by atoms with E-state index in [4.69, 9.17) is 5.73 Å². The summed E-state index contributed by atoms with van der Waals surface area (Å²) in [5.41, 5.74) is 6.98. The minimum atomic E-state index is -0.436. The summed E-state index contributed by atoms with van der Waals surface area (Å²) >= 11 is 0. The van der Waals surface area contributed by atoms with Gasteiger partial charge in [-0.3, -0.25) is 4.79 Å². The molecule has 0 fully saturated rings. The molecule has 0 heterocycles. The quantitative estimate of drug-likeness (QED) is 0.837. The molecule has 1 aromatic carbocycles. The van der Waals surface area contributed by atoms with Crippen molar-refractivity contribution in [1.29, 1.82) is 0 Å². The van der Waals surface area contributed by atoms with Gasteiger partial charge >= 0.3 is 0 Å². The third-order valence-corrected chi connectivity index (χ3v) is 3.37. The van der Waals surface area contributed by atoms with Gasteiger partial charge in [-0.05, 0) is 25.3 Å². The number of carbonyl (C=O) groups is 1.